The maximum Gasteiger partial charge on any atom is 0.407 e. The Morgan fingerprint density at radius 3 is 2.53 bits per heavy atom. The molecule has 45 heavy (non-hydrogen) atoms. The number of ether oxygens (including phenoxy) is 4. The van der Waals surface area contributed by atoms with Crippen molar-refractivity contribution < 1.29 is 42.1 Å². The first kappa shape index (κ1) is 30.8. The van der Waals surface area contributed by atoms with Crippen molar-refractivity contribution in [2.24, 2.45) is 0 Å². The molecule has 240 valence electrons. The van der Waals surface area contributed by atoms with E-state index in [0.29, 0.717) is 44.9 Å². The molecule has 0 bridgehead atoms. The summed E-state index contributed by atoms with van der Waals surface area (Å²) in [5.41, 5.74) is -0.398. The number of carbonyl (C=O) groups is 2. The molecule has 2 aromatic heterocycles. The summed E-state index contributed by atoms with van der Waals surface area (Å²) in [6, 6.07) is 4.98. The number of esters is 1. The molecule has 0 saturated heterocycles. The van der Waals surface area contributed by atoms with Gasteiger partial charge in [-0.1, -0.05) is 6.92 Å². The molecule has 0 saturated carbocycles. The van der Waals surface area contributed by atoms with Gasteiger partial charge in [-0.15, -0.1) is 0 Å². The number of rotatable bonds is 8. The Hall–Kier alpha value is -4.25. The number of amides is 1. The second kappa shape index (κ2) is 11.0. The third kappa shape index (κ3) is 5.58. The molecule has 3 aliphatic heterocycles. The molecule has 16 heteroatoms. The van der Waals surface area contributed by atoms with E-state index in [-0.39, 0.29) is 57.1 Å². The van der Waals surface area contributed by atoms with Crippen molar-refractivity contribution in [1.29, 1.82) is 0 Å². The van der Waals surface area contributed by atoms with E-state index in [2.05, 4.69) is 14.8 Å². The second-order valence-corrected chi connectivity index (χ2v) is 13.5. The first-order valence-electron chi connectivity index (χ1n) is 14.3. The van der Waals surface area contributed by atoms with E-state index in [0.717, 1.165) is 0 Å². The van der Waals surface area contributed by atoms with E-state index in [1.165, 1.54) is 4.57 Å². The number of hydrogen-bond acceptors (Lipinski definition) is 11. The van der Waals surface area contributed by atoms with Crippen LogP contribution < -0.4 is 29.8 Å². The van der Waals surface area contributed by atoms with Crippen LogP contribution in [-0.2, 0) is 49.8 Å². The summed E-state index contributed by atoms with van der Waals surface area (Å²) in [5, 5.41) is 14.3. The number of alkyl carbamates (subject to hydrolysis) is 1. The molecule has 1 amide bonds. The minimum absolute atomic E-state index is 0.00344. The van der Waals surface area contributed by atoms with E-state index in [1.807, 2.05) is 0 Å². The Kier molecular flexibility index (Phi) is 7.50. The van der Waals surface area contributed by atoms with E-state index in [1.54, 1.807) is 45.9 Å². The summed E-state index contributed by atoms with van der Waals surface area (Å²) in [5.74, 6) is 0.0965. The lowest BCUT2D eigenvalue weighted by Gasteiger charge is -2.31. The summed E-state index contributed by atoms with van der Waals surface area (Å²) < 4.78 is 53.7. The van der Waals surface area contributed by atoms with Crippen LogP contribution in [0.5, 0.6) is 11.5 Å². The van der Waals surface area contributed by atoms with Gasteiger partial charge in [-0.05, 0) is 44.9 Å². The van der Waals surface area contributed by atoms with Crippen LogP contribution in [0.3, 0.4) is 0 Å². The van der Waals surface area contributed by atoms with Gasteiger partial charge < -0.3 is 33.9 Å². The number of pyridine rings is 2. The normalized spacial score (nSPS) is 18.3. The molecular formula is C29H33N5O10S. The predicted molar refractivity (Wildman–Crippen MR) is 159 cm³/mol. The van der Waals surface area contributed by atoms with Crippen LogP contribution in [0.1, 0.15) is 56.4 Å². The van der Waals surface area contributed by atoms with Crippen LogP contribution in [-0.4, -0.2) is 60.6 Å². The topological polar surface area (TPSA) is 196 Å². The molecule has 1 atom stereocenters. The van der Waals surface area contributed by atoms with Gasteiger partial charge >= 0.3 is 12.1 Å². The second-order valence-electron chi connectivity index (χ2n) is 11.9. The number of nitrogens with zero attached hydrogens (tertiary/aromatic N) is 2. The molecule has 15 nitrogen and oxygen atoms in total. The number of hydrogen-bond donors (Lipinski definition) is 4. The Morgan fingerprint density at radius 1 is 1.09 bits per heavy atom. The number of aromatic nitrogens is 2. The first-order chi connectivity index (χ1) is 21.2. The smallest absolute Gasteiger partial charge is 0.407 e. The molecule has 0 spiro atoms. The maximum atomic E-state index is 13.7. The van der Waals surface area contributed by atoms with Crippen LogP contribution >= 0.6 is 0 Å². The number of benzene rings is 1. The van der Waals surface area contributed by atoms with Gasteiger partial charge in [0, 0.05) is 42.2 Å². The number of aliphatic hydroxyl groups is 1. The first-order valence-corrected chi connectivity index (χ1v) is 15.8. The van der Waals surface area contributed by atoms with Crippen molar-refractivity contribution in [3.8, 4) is 22.9 Å². The summed E-state index contributed by atoms with van der Waals surface area (Å²) in [6.07, 6.45) is -0.673. The van der Waals surface area contributed by atoms with Crippen molar-refractivity contribution in [3.63, 3.8) is 0 Å². The van der Waals surface area contributed by atoms with Gasteiger partial charge in [-0.25, -0.2) is 19.3 Å². The molecule has 4 N–H and O–H groups in total. The summed E-state index contributed by atoms with van der Waals surface area (Å²) in [4.78, 5) is 42.9. The predicted octanol–water partition coefficient (Wildman–Crippen LogP) is 1.26. The molecule has 6 rings (SSSR count). The van der Waals surface area contributed by atoms with E-state index >= 15 is 0 Å². The minimum atomic E-state index is -4.05. The molecule has 0 aliphatic carbocycles. The lowest BCUT2D eigenvalue weighted by atomic mass is 9.86. The Bertz CT molecular complexity index is 1920. The highest BCUT2D eigenvalue weighted by molar-refractivity contribution is 7.87. The van der Waals surface area contributed by atoms with Gasteiger partial charge in [0.25, 0.3) is 15.8 Å². The van der Waals surface area contributed by atoms with Crippen molar-refractivity contribution in [3.05, 3.63) is 50.8 Å². The monoisotopic (exact) mass is 643 g/mol. The minimum Gasteiger partial charge on any atom is -0.458 e. The molecule has 1 aromatic carbocycles. The number of cyclic esters (lactones) is 1. The SMILES string of the molecule is CC[C@@]1(O)C(=O)OCc2c1cc1n(c2=O)Cc2c-1nc1cc3c(cc1c2CNS(=O)(=O)NCCNC(=O)OC(C)(C)C)OCO3. The molecular weight excluding hydrogens is 610 g/mol. The van der Waals surface area contributed by atoms with Gasteiger partial charge in [-0.3, -0.25) is 4.79 Å². The largest absolute Gasteiger partial charge is 0.458 e. The van der Waals surface area contributed by atoms with E-state index in [4.69, 9.17) is 23.9 Å². The Balaban J connectivity index is 1.33. The van der Waals surface area contributed by atoms with Crippen LogP contribution in [0.15, 0.2) is 23.0 Å². The lowest BCUT2D eigenvalue weighted by molar-refractivity contribution is -0.172. The molecule has 0 unspecified atom stereocenters. The van der Waals surface area contributed by atoms with Gasteiger partial charge in [0.05, 0.1) is 29.0 Å². The van der Waals surface area contributed by atoms with Crippen molar-refractivity contribution in [2.45, 2.75) is 65.0 Å². The quantitative estimate of drug-likeness (QED) is 0.159. The van der Waals surface area contributed by atoms with Gasteiger partial charge in [-0.2, -0.15) is 13.1 Å². The zero-order valence-electron chi connectivity index (χ0n) is 25.1. The summed E-state index contributed by atoms with van der Waals surface area (Å²) in [7, 11) is -4.05. The molecule has 3 aromatic rings. The standard InChI is InChI=1S/C29H33N5O10S/c1-5-29(38)19-9-21-24-17(12-34(21)25(35)18(19)13-41-26(29)36)16(15-8-22-23(43-14-42-22)10-20(15)33-24)11-32-45(39,40)31-7-6-30-27(37)44-28(2,3)4/h8-10,31-32,38H,5-7,11-14H2,1-4H3,(H,30,37)/t29-/m0/s1. The van der Waals surface area contributed by atoms with Crippen LogP contribution in [0, 0.1) is 0 Å². The zero-order chi connectivity index (χ0) is 32.3. The number of fused-ring (bicyclic) bond motifs is 6. The highest BCUT2D eigenvalue weighted by Gasteiger charge is 2.45. The highest BCUT2D eigenvalue weighted by atomic mass is 32.2. The fraction of sp³-hybridized carbons (Fsp3) is 0.448. The number of carbonyl (C=O) groups excluding carboxylic acids is 2. The highest BCUT2D eigenvalue weighted by Crippen LogP contribution is 2.43. The fourth-order valence-corrected chi connectivity index (χ4v) is 6.44. The average Bonchev–Trinajstić information content (AvgIpc) is 3.58. The molecule has 0 fully saturated rings. The zero-order valence-corrected chi connectivity index (χ0v) is 25.9. The fourth-order valence-electron chi connectivity index (χ4n) is 5.64. The lowest BCUT2D eigenvalue weighted by Crippen LogP contribution is -2.44. The van der Waals surface area contributed by atoms with E-state index in [9.17, 15) is 27.9 Å². The number of nitrogens with one attached hydrogen (secondary N) is 3. The summed E-state index contributed by atoms with van der Waals surface area (Å²) in [6.45, 7) is 6.29. The van der Waals surface area contributed by atoms with E-state index < -0.39 is 39.0 Å². The van der Waals surface area contributed by atoms with Crippen molar-refractivity contribution >= 4 is 33.2 Å². The molecule has 0 radical (unpaired) electrons. The van der Waals surface area contributed by atoms with Gasteiger partial charge in [0.15, 0.2) is 17.1 Å². The Labute approximate surface area is 258 Å². The van der Waals surface area contributed by atoms with Gasteiger partial charge in [0.1, 0.15) is 12.2 Å². The van der Waals surface area contributed by atoms with Crippen molar-refractivity contribution in [1.82, 2.24) is 24.3 Å². The molecule has 3 aliphatic rings. The molecule has 5 heterocycles. The summed E-state index contributed by atoms with van der Waals surface area (Å²) >= 11 is 0. The van der Waals surface area contributed by atoms with Gasteiger partial charge in [0.2, 0.25) is 6.79 Å². The Morgan fingerprint density at radius 2 is 1.82 bits per heavy atom. The van der Waals surface area contributed by atoms with Crippen LogP contribution in [0.2, 0.25) is 0 Å². The third-order valence-electron chi connectivity index (χ3n) is 7.82. The van der Waals surface area contributed by atoms with Crippen LogP contribution in [0.25, 0.3) is 22.3 Å². The third-order valence-corrected chi connectivity index (χ3v) is 8.93. The average molecular weight is 644 g/mol. The van der Waals surface area contributed by atoms with Crippen molar-refractivity contribution in [2.75, 3.05) is 19.9 Å². The van der Waals surface area contributed by atoms with Crippen LogP contribution in [0.4, 0.5) is 4.79 Å². The maximum absolute atomic E-state index is 13.7.